The van der Waals surface area contributed by atoms with E-state index in [4.69, 9.17) is 0 Å². The number of amides is 2. The lowest BCUT2D eigenvalue weighted by Crippen LogP contribution is -2.41. The van der Waals surface area contributed by atoms with E-state index in [2.05, 4.69) is 5.32 Å². The molecule has 1 aromatic carbocycles. The molecule has 5 heteroatoms. The molecule has 1 aliphatic heterocycles. The maximum Gasteiger partial charge on any atom is 0.222 e. The number of nitrogens with zero attached hydrogens (tertiary/aromatic N) is 1. The first-order valence-electron chi connectivity index (χ1n) is 7.44. The van der Waals surface area contributed by atoms with E-state index in [-0.39, 0.29) is 17.6 Å². The Morgan fingerprint density at radius 2 is 2.19 bits per heavy atom. The largest absolute Gasteiger partial charge is 0.354 e. The summed E-state index contributed by atoms with van der Waals surface area (Å²) in [5.41, 5.74) is 0.816. The van der Waals surface area contributed by atoms with Crippen molar-refractivity contribution in [1.29, 1.82) is 0 Å². The van der Waals surface area contributed by atoms with Gasteiger partial charge in [0.25, 0.3) is 0 Å². The van der Waals surface area contributed by atoms with Crippen molar-refractivity contribution >= 4 is 11.8 Å². The molecule has 0 unspecified atom stereocenters. The average Bonchev–Trinajstić information content (AvgIpc) is 2.47. The normalized spacial score (nSPS) is 15.1. The van der Waals surface area contributed by atoms with Crippen LogP contribution in [0.4, 0.5) is 4.39 Å². The Kier molecular flexibility index (Phi) is 5.72. The molecule has 0 spiro atoms. The van der Waals surface area contributed by atoms with Crippen molar-refractivity contribution in [2.24, 2.45) is 0 Å². The zero-order valence-corrected chi connectivity index (χ0v) is 12.1. The van der Waals surface area contributed by atoms with Crippen molar-refractivity contribution in [2.45, 2.75) is 32.1 Å². The first-order chi connectivity index (χ1) is 10.1. The van der Waals surface area contributed by atoms with Crippen LogP contribution in [0.3, 0.4) is 0 Å². The van der Waals surface area contributed by atoms with E-state index in [9.17, 15) is 14.0 Å². The Bertz CT molecular complexity index is 505. The summed E-state index contributed by atoms with van der Waals surface area (Å²) in [7, 11) is 0. The summed E-state index contributed by atoms with van der Waals surface area (Å²) in [6, 6.07) is 6.28. The lowest BCUT2D eigenvalue weighted by Gasteiger charge is -2.26. The van der Waals surface area contributed by atoms with Gasteiger partial charge < -0.3 is 10.2 Å². The van der Waals surface area contributed by atoms with Crippen LogP contribution in [0.5, 0.6) is 0 Å². The summed E-state index contributed by atoms with van der Waals surface area (Å²) in [5.74, 6) is -0.171. The van der Waals surface area contributed by atoms with Crippen LogP contribution in [-0.4, -0.2) is 36.3 Å². The van der Waals surface area contributed by atoms with Crippen LogP contribution in [0.25, 0.3) is 0 Å². The first kappa shape index (κ1) is 15.5. The second-order valence-corrected chi connectivity index (χ2v) is 5.32. The number of nitrogens with one attached hydrogen (secondary N) is 1. The third kappa shape index (κ3) is 5.17. The molecule has 0 radical (unpaired) electrons. The highest BCUT2D eigenvalue weighted by Crippen LogP contribution is 2.09. The van der Waals surface area contributed by atoms with Crippen LogP contribution in [-0.2, 0) is 16.0 Å². The van der Waals surface area contributed by atoms with E-state index in [0.717, 1.165) is 24.9 Å². The van der Waals surface area contributed by atoms with Crippen LogP contribution >= 0.6 is 0 Å². The van der Waals surface area contributed by atoms with Crippen molar-refractivity contribution in [3.63, 3.8) is 0 Å². The lowest BCUT2D eigenvalue weighted by atomic mass is 10.1. The third-order valence-corrected chi connectivity index (χ3v) is 3.66. The second kappa shape index (κ2) is 7.76. The van der Waals surface area contributed by atoms with Crippen LogP contribution < -0.4 is 5.32 Å². The number of piperidine rings is 1. The molecule has 1 heterocycles. The van der Waals surface area contributed by atoms with Gasteiger partial charge in [-0.1, -0.05) is 12.1 Å². The average molecular weight is 292 g/mol. The highest BCUT2D eigenvalue weighted by molar-refractivity contribution is 5.77. The molecule has 0 saturated carbocycles. The van der Waals surface area contributed by atoms with Gasteiger partial charge in [-0.2, -0.15) is 0 Å². The fraction of sp³-hybridized carbons (Fsp3) is 0.500. The predicted molar refractivity (Wildman–Crippen MR) is 78.2 cm³/mol. The molecule has 1 saturated heterocycles. The van der Waals surface area contributed by atoms with E-state index in [1.54, 1.807) is 11.0 Å². The summed E-state index contributed by atoms with van der Waals surface area (Å²) >= 11 is 0. The van der Waals surface area contributed by atoms with Gasteiger partial charge in [0, 0.05) is 32.5 Å². The van der Waals surface area contributed by atoms with Gasteiger partial charge in [0.15, 0.2) is 0 Å². The molecular weight excluding hydrogens is 271 g/mol. The van der Waals surface area contributed by atoms with E-state index >= 15 is 0 Å². The van der Waals surface area contributed by atoms with Gasteiger partial charge in [-0.05, 0) is 37.0 Å². The Morgan fingerprint density at radius 3 is 2.95 bits per heavy atom. The Hall–Kier alpha value is -1.91. The van der Waals surface area contributed by atoms with Crippen molar-refractivity contribution in [3.8, 4) is 0 Å². The number of carbonyl (C=O) groups excluding carboxylic acids is 2. The quantitative estimate of drug-likeness (QED) is 0.870. The second-order valence-electron chi connectivity index (χ2n) is 5.32. The molecule has 21 heavy (non-hydrogen) atoms. The maximum atomic E-state index is 13.0. The molecule has 0 aliphatic carbocycles. The minimum absolute atomic E-state index is 0.0660. The van der Waals surface area contributed by atoms with E-state index in [1.165, 1.54) is 12.1 Å². The topological polar surface area (TPSA) is 49.4 Å². The number of hydrogen-bond donors (Lipinski definition) is 1. The monoisotopic (exact) mass is 292 g/mol. The van der Waals surface area contributed by atoms with Crippen molar-refractivity contribution in [3.05, 3.63) is 35.6 Å². The minimum Gasteiger partial charge on any atom is -0.354 e. The van der Waals surface area contributed by atoms with Gasteiger partial charge in [0.1, 0.15) is 5.82 Å². The minimum atomic E-state index is -0.281. The summed E-state index contributed by atoms with van der Waals surface area (Å²) in [5, 5.41) is 2.81. The number of likely N-dealkylation sites (tertiary alicyclic amines) is 1. The fourth-order valence-electron chi connectivity index (χ4n) is 2.47. The smallest absolute Gasteiger partial charge is 0.222 e. The Balaban J connectivity index is 1.64. The molecule has 1 N–H and O–H groups in total. The molecule has 0 aromatic heterocycles. The third-order valence-electron chi connectivity index (χ3n) is 3.66. The molecule has 1 aliphatic rings. The van der Waals surface area contributed by atoms with Gasteiger partial charge in [-0.3, -0.25) is 9.59 Å². The number of benzene rings is 1. The van der Waals surface area contributed by atoms with Crippen molar-refractivity contribution in [2.75, 3.05) is 19.6 Å². The highest BCUT2D eigenvalue weighted by Gasteiger charge is 2.17. The lowest BCUT2D eigenvalue weighted by molar-refractivity contribution is -0.133. The van der Waals surface area contributed by atoms with Crippen molar-refractivity contribution in [1.82, 2.24) is 10.2 Å². The van der Waals surface area contributed by atoms with Gasteiger partial charge in [-0.25, -0.2) is 4.39 Å². The van der Waals surface area contributed by atoms with Crippen LogP contribution in [0, 0.1) is 5.82 Å². The maximum absolute atomic E-state index is 13.0. The van der Waals surface area contributed by atoms with E-state index in [1.807, 2.05) is 6.07 Å². The summed E-state index contributed by atoms with van der Waals surface area (Å²) < 4.78 is 13.0. The molecule has 1 fully saturated rings. The van der Waals surface area contributed by atoms with Crippen LogP contribution in [0.2, 0.25) is 0 Å². The molecule has 2 amide bonds. The van der Waals surface area contributed by atoms with E-state index < -0.39 is 0 Å². The van der Waals surface area contributed by atoms with E-state index in [0.29, 0.717) is 32.4 Å². The number of halogens is 1. The van der Waals surface area contributed by atoms with Gasteiger partial charge >= 0.3 is 0 Å². The summed E-state index contributed by atoms with van der Waals surface area (Å²) in [6.45, 7) is 1.84. The zero-order chi connectivity index (χ0) is 15.1. The molecule has 2 rings (SSSR count). The van der Waals surface area contributed by atoms with Crippen LogP contribution in [0.1, 0.15) is 31.2 Å². The fourth-order valence-corrected chi connectivity index (χ4v) is 2.47. The molecule has 114 valence electrons. The molecular formula is C16H21FN2O2. The number of rotatable bonds is 6. The molecule has 1 aromatic rings. The standard InChI is InChI=1S/C16H21FN2O2/c17-14-5-3-4-13(12-14)7-8-15(20)18-9-11-19-10-2-1-6-16(19)21/h3-5,12H,1-2,6-11H2,(H,18,20). The SMILES string of the molecule is O=C(CCc1cccc(F)c1)NCCN1CCCCC1=O. The summed E-state index contributed by atoms with van der Waals surface area (Å²) in [4.78, 5) is 25.1. The van der Waals surface area contributed by atoms with Gasteiger partial charge in [0.2, 0.25) is 11.8 Å². The summed E-state index contributed by atoms with van der Waals surface area (Å²) in [6.07, 6.45) is 3.48. The van der Waals surface area contributed by atoms with Crippen molar-refractivity contribution < 1.29 is 14.0 Å². The molecule has 0 bridgehead atoms. The van der Waals surface area contributed by atoms with Gasteiger partial charge in [0.05, 0.1) is 0 Å². The number of aryl methyl sites for hydroxylation is 1. The predicted octanol–water partition coefficient (Wildman–Crippen LogP) is 1.89. The Labute approximate surface area is 124 Å². The number of hydrogen-bond acceptors (Lipinski definition) is 2. The molecule has 4 nitrogen and oxygen atoms in total. The number of carbonyl (C=O) groups is 2. The van der Waals surface area contributed by atoms with Gasteiger partial charge in [-0.15, -0.1) is 0 Å². The first-order valence-corrected chi connectivity index (χ1v) is 7.44. The van der Waals surface area contributed by atoms with Crippen LogP contribution in [0.15, 0.2) is 24.3 Å². The highest BCUT2D eigenvalue weighted by atomic mass is 19.1. The zero-order valence-electron chi connectivity index (χ0n) is 12.1. The Morgan fingerprint density at radius 1 is 1.33 bits per heavy atom. The molecule has 0 atom stereocenters.